The Morgan fingerprint density at radius 1 is 1.45 bits per heavy atom. The number of carbonyl (C=O) groups is 1. The molecule has 0 aliphatic carbocycles. The molecule has 112 valence electrons. The van der Waals surface area contributed by atoms with E-state index in [9.17, 15) is 9.18 Å². The zero-order valence-corrected chi connectivity index (χ0v) is 12.3. The van der Waals surface area contributed by atoms with Crippen molar-refractivity contribution in [3.63, 3.8) is 0 Å². The van der Waals surface area contributed by atoms with Crippen molar-refractivity contribution in [2.24, 2.45) is 0 Å². The fourth-order valence-electron chi connectivity index (χ4n) is 1.78. The standard InChI is InChI=1S/C13H11FN6OS/c1-8-6-9(2-3-10(8)14)12-17-19-20(18-12)7-11(21)16-13-15-4-5-22-13/h2-6H,7H2,1H3,(H,15,16,21). The first-order valence-corrected chi connectivity index (χ1v) is 7.23. The third kappa shape index (κ3) is 3.14. The largest absolute Gasteiger partial charge is 0.300 e. The van der Waals surface area contributed by atoms with E-state index in [0.717, 1.165) is 0 Å². The first-order valence-electron chi connectivity index (χ1n) is 6.35. The summed E-state index contributed by atoms with van der Waals surface area (Å²) in [6, 6.07) is 4.55. The molecule has 2 heterocycles. The summed E-state index contributed by atoms with van der Waals surface area (Å²) in [7, 11) is 0. The smallest absolute Gasteiger partial charge is 0.249 e. The lowest BCUT2D eigenvalue weighted by atomic mass is 10.1. The number of amides is 1. The number of carbonyl (C=O) groups excluding carboxylic acids is 1. The highest BCUT2D eigenvalue weighted by atomic mass is 32.1. The molecule has 0 fully saturated rings. The molecule has 0 aliphatic heterocycles. The van der Waals surface area contributed by atoms with E-state index in [1.807, 2.05) is 0 Å². The van der Waals surface area contributed by atoms with Gasteiger partial charge in [0.1, 0.15) is 12.4 Å². The van der Waals surface area contributed by atoms with Gasteiger partial charge in [-0.25, -0.2) is 9.37 Å². The van der Waals surface area contributed by atoms with Crippen LogP contribution in [0.1, 0.15) is 5.56 Å². The fraction of sp³-hybridized carbons (Fsp3) is 0.154. The summed E-state index contributed by atoms with van der Waals surface area (Å²) < 4.78 is 13.3. The molecule has 0 saturated heterocycles. The average molecular weight is 318 g/mol. The number of halogens is 1. The molecule has 0 unspecified atom stereocenters. The van der Waals surface area contributed by atoms with Crippen molar-refractivity contribution in [1.29, 1.82) is 0 Å². The molecule has 9 heteroatoms. The van der Waals surface area contributed by atoms with E-state index < -0.39 is 0 Å². The molecule has 0 spiro atoms. The van der Waals surface area contributed by atoms with Crippen LogP contribution in [0, 0.1) is 12.7 Å². The van der Waals surface area contributed by atoms with Crippen molar-refractivity contribution < 1.29 is 9.18 Å². The van der Waals surface area contributed by atoms with Gasteiger partial charge < -0.3 is 5.32 Å². The van der Waals surface area contributed by atoms with E-state index in [0.29, 0.717) is 22.1 Å². The summed E-state index contributed by atoms with van der Waals surface area (Å²) in [5.74, 6) is -0.252. The number of rotatable bonds is 4. The van der Waals surface area contributed by atoms with Crippen LogP contribution in [0.15, 0.2) is 29.8 Å². The molecule has 3 rings (SSSR count). The molecule has 0 bridgehead atoms. The lowest BCUT2D eigenvalue weighted by Gasteiger charge is -2.00. The van der Waals surface area contributed by atoms with Crippen molar-refractivity contribution >= 4 is 22.4 Å². The molecule has 7 nitrogen and oxygen atoms in total. The highest BCUT2D eigenvalue weighted by molar-refractivity contribution is 7.13. The Hall–Kier alpha value is -2.68. The van der Waals surface area contributed by atoms with Crippen molar-refractivity contribution in [3.8, 4) is 11.4 Å². The van der Waals surface area contributed by atoms with Crippen molar-refractivity contribution in [3.05, 3.63) is 41.2 Å². The molecule has 0 atom stereocenters. The van der Waals surface area contributed by atoms with E-state index in [1.54, 1.807) is 30.6 Å². The lowest BCUT2D eigenvalue weighted by molar-refractivity contribution is -0.117. The fourth-order valence-corrected chi connectivity index (χ4v) is 2.33. The maximum Gasteiger partial charge on any atom is 0.249 e. The first-order chi connectivity index (χ1) is 10.6. The van der Waals surface area contributed by atoms with Crippen LogP contribution in [-0.4, -0.2) is 31.1 Å². The van der Waals surface area contributed by atoms with Gasteiger partial charge in [0.2, 0.25) is 11.7 Å². The Balaban J connectivity index is 1.70. The van der Waals surface area contributed by atoms with E-state index in [4.69, 9.17) is 0 Å². The Labute approximate surface area is 128 Å². The first kappa shape index (κ1) is 14.3. The molecular formula is C13H11FN6OS. The van der Waals surface area contributed by atoms with E-state index in [-0.39, 0.29) is 18.3 Å². The average Bonchev–Trinajstić information content (AvgIpc) is 3.13. The predicted molar refractivity (Wildman–Crippen MR) is 78.7 cm³/mol. The van der Waals surface area contributed by atoms with Crippen LogP contribution in [0.4, 0.5) is 9.52 Å². The molecule has 1 N–H and O–H groups in total. The van der Waals surface area contributed by atoms with Gasteiger partial charge in [-0.05, 0) is 35.9 Å². The van der Waals surface area contributed by atoms with Gasteiger partial charge in [0.15, 0.2) is 5.13 Å². The summed E-state index contributed by atoms with van der Waals surface area (Å²) in [6.45, 7) is 1.58. The van der Waals surface area contributed by atoms with Crippen LogP contribution < -0.4 is 5.32 Å². The minimum absolute atomic E-state index is 0.0766. The Morgan fingerprint density at radius 3 is 3.05 bits per heavy atom. The molecule has 2 aromatic heterocycles. The SMILES string of the molecule is Cc1cc(-c2nnn(CC(=O)Nc3nccs3)n2)ccc1F. The van der Waals surface area contributed by atoms with E-state index in [2.05, 4.69) is 25.7 Å². The van der Waals surface area contributed by atoms with Crippen molar-refractivity contribution in [2.75, 3.05) is 5.32 Å². The molecule has 22 heavy (non-hydrogen) atoms. The quantitative estimate of drug-likeness (QED) is 0.794. The minimum Gasteiger partial charge on any atom is -0.300 e. The number of hydrogen-bond donors (Lipinski definition) is 1. The third-order valence-electron chi connectivity index (χ3n) is 2.83. The maximum atomic E-state index is 13.3. The maximum absolute atomic E-state index is 13.3. The van der Waals surface area contributed by atoms with Gasteiger partial charge in [-0.2, -0.15) is 4.80 Å². The molecule has 0 aliphatic rings. The number of anilines is 1. The zero-order valence-electron chi connectivity index (χ0n) is 11.5. The molecule has 0 radical (unpaired) electrons. The number of thiazole rings is 1. The molecule has 0 saturated carbocycles. The van der Waals surface area contributed by atoms with E-state index in [1.165, 1.54) is 22.2 Å². The van der Waals surface area contributed by atoms with Crippen LogP contribution in [0.2, 0.25) is 0 Å². The van der Waals surface area contributed by atoms with Gasteiger partial charge in [-0.1, -0.05) is 0 Å². The second-order valence-corrected chi connectivity index (χ2v) is 5.39. The lowest BCUT2D eigenvalue weighted by Crippen LogP contribution is -2.20. The van der Waals surface area contributed by atoms with Crippen LogP contribution in [0.3, 0.4) is 0 Å². The minimum atomic E-state index is -0.297. The number of nitrogens with one attached hydrogen (secondary N) is 1. The summed E-state index contributed by atoms with van der Waals surface area (Å²) in [5, 5.41) is 16.7. The summed E-state index contributed by atoms with van der Waals surface area (Å²) in [6.07, 6.45) is 1.60. The third-order valence-corrected chi connectivity index (χ3v) is 3.52. The number of nitrogens with zero attached hydrogens (tertiary/aromatic N) is 5. The Kier molecular flexibility index (Phi) is 3.88. The van der Waals surface area contributed by atoms with Crippen LogP contribution in [-0.2, 0) is 11.3 Å². The number of tetrazole rings is 1. The number of hydrogen-bond acceptors (Lipinski definition) is 6. The highest BCUT2D eigenvalue weighted by Gasteiger charge is 2.11. The summed E-state index contributed by atoms with van der Waals surface area (Å²) >= 11 is 1.32. The van der Waals surface area contributed by atoms with Gasteiger partial charge in [0.25, 0.3) is 0 Å². The normalized spacial score (nSPS) is 10.6. The van der Waals surface area contributed by atoms with Gasteiger partial charge in [-0.3, -0.25) is 4.79 Å². The molecular weight excluding hydrogens is 307 g/mol. The van der Waals surface area contributed by atoms with Crippen molar-refractivity contribution in [1.82, 2.24) is 25.2 Å². The van der Waals surface area contributed by atoms with E-state index >= 15 is 0 Å². The summed E-state index contributed by atoms with van der Waals surface area (Å²) in [4.78, 5) is 16.9. The molecule has 1 aromatic carbocycles. The predicted octanol–water partition coefficient (Wildman–Crippen LogP) is 1.88. The Morgan fingerprint density at radius 2 is 2.32 bits per heavy atom. The number of aryl methyl sites for hydroxylation is 1. The summed E-state index contributed by atoms with van der Waals surface area (Å²) in [5.41, 5.74) is 1.14. The second-order valence-electron chi connectivity index (χ2n) is 4.49. The number of benzene rings is 1. The second kappa shape index (κ2) is 5.98. The molecule has 3 aromatic rings. The van der Waals surface area contributed by atoms with Crippen LogP contribution in [0.5, 0.6) is 0 Å². The van der Waals surface area contributed by atoms with Crippen LogP contribution >= 0.6 is 11.3 Å². The Bertz CT molecular complexity index is 801. The topological polar surface area (TPSA) is 85.6 Å². The van der Waals surface area contributed by atoms with Gasteiger partial charge in [-0.15, -0.1) is 21.5 Å². The zero-order chi connectivity index (χ0) is 15.5. The number of aromatic nitrogens is 5. The monoisotopic (exact) mass is 318 g/mol. The van der Waals surface area contributed by atoms with Crippen molar-refractivity contribution in [2.45, 2.75) is 13.5 Å². The molecule has 1 amide bonds. The van der Waals surface area contributed by atoms with Gasteiger partial charge in [0.05, 0.1) is 0 Å². The van der Waals surface area contributed by atoms with Gasteiger partial charge in [0, 0.05) is 17.1 Å². The van der Waals surface area contributed by atoms with Gasteiger partial charge >= 0.3 is 0 Å². The van der Waals surface area contributed by atoms with Crippen LogP contribution in [0.25, 0.3) is 11.4 Å². The highest BCUT2D eigenvalue weighted by Crippen LogP contribution is 2.17.